The first-order valence-corrected chi connectivity index (χ1v) is 6.38. The molecule has 0 unspecified atom stereocenters. The molecule has 1 aromatic carbocycles. The van der Waals surface area contributed by atoms with Gasteiger partial charge in [-0.05, 0) is 38.0 Å². The van der Waals surface area contributed by atoms with E-state index in [1.165, 1.54) is 0 Å². The highest BCUT2D eigenvalue weighted by atomic mass is 19.1. The molecule has 0 bridgehead atoms. The van der Waals surface area contributed by atoms with Crippen molar-refractivity contribution in [3.8, 4) is 0 Å². The summed E-state index contributed by atoms with van der Waals surface area (Å²) in [5, 5.41) is 11.4. The molecule has 0 heterocycles. The minimum absolute atomic E-state index is 0.149. The van der Waals surface area contributed by atoms with Gasteiger partial charge in [-0.2, -0.15) is 0 Å². The number of rotatable bonds is 6. The highest BCUT2D eigenvalue weighted by Gasteiger charge is 2.19. The summed E-state index contributed by atoms with van der Waals surface area (Å²) >= 11 is 0. The average Bonchev–Trinajstić information content (AvgIpc) is 2.32. The number of amides is 1. The number of carbonyl (C=O) groups excluding carboxylic acids is 1. The fourth-order valence-corrected chi connectivity index (χ4v) is 1.72. The number of benzene rings is 1. The van der Waals surface area contributed by atoms with Gasteiger partial charge in [0.15, 0.2) is 0 Å². The summed E-state index contributed by atoms with van der Waals surface area (Å²) in [6, 6.07) is 1.71. The standard InChI is InChI=1S/C15H17F2NO3/c1-9(2)3-4-13(15(20)21)18-14(19)7-10-5-11(16)8-12(17)6-10/h3,5-6,8,13H,4,7H2,1-2H3,(H,18,19)(H,20,21)/t13-/m0/s1. The van der Waals surface area contributed by atoms with Gasteiger partial charge in [-0.25, -0.2) is 13.6 Å². The van der Waals surface area contributed by atoms with Crippen molar-refractivity contribution in [1.29, 1.82) is 0 Å². The van der Waals surface area contributed by atoms with E-state index in [1.54, 1.807) is 6.08 Å². The Labute approximate surface area is 121 Å². The van der Waals surface area contributed by atoms with E-state index in [2.05, 4.69) is 5.32 Å². The summed E-state index contributed by atoms with van der Waals surface area (Å²) in [4.78, 5) is 22.8. The third-order valence-corrected chi connectivity index (χ3v) is 2.68. The van der Waals surface area contributed by atoms with Crippen LogP contribution in [-0.2, 0) is 16.0 Å². The monoisotopic (exact) mass is 297 g/mol. The SMILES string of the molecule is CC(C)=CC[C@H](NC(=O)Cc1cc(F)cc(F)c1)C(=O)O. The summed E-state index contributed by atoms with van der Waals surface area (Å²) in [5.41, 5.74) is 1.08. The Bertz CT molecular complexity index is 546. The topological polar surface area (TPSA) is 66.4 Å². The van der Waals surface area contributed by atoms with E-state index in [-0.39, 0.29) is 18.4 Å². The van der Waals surface area contributed by atoms with Gasteiger partial charge in [0.05, 0.1) is 6.42 Å². The molecule has 1 amide bonds. The number of allylic oxidation sites excluding steroid dienone is 1. The number of aliphatic carboxylic acids is 1. The predicted molar refractivity (Wildman–Crippen MR) is 73.7 cm³/mol. The number of hydrogen-bond acceptors (Lipinski definition) is 2. The van der Waals surface area contributed by atoms with Gasteiger partial charge in [0, 0.05) is 6.07 Å². The molecule has 0 aliphatic rings. The molecule has 0 fully saturated rings. The second-order valence-electron chi connectivity index (χ2n) is 4.93. The van der Waals surface area contributed by atoms with Crippen LogP contribution in [0.5, 0.6) is 0 Å². The van der Waals surface area contributed by atoms with Crippen LogP contribution in [0.4, 0.5) is 8.78 Å². The minimum Gasteiger partial charge on any atom is -0.480 e. The highest BCUT2D eigenvalue weighted by molar-refractivity contribution is 5.84. The average molecular weight is 297 g/mol. The molecule has 0 aliphatic carbocycles. The molecule has 0 aliphatic heterocycles. The number of carboxylic acids is 1. The van der Waals surface area contributed by atoms with Crippen LogP contribution in [0.1, 0.15) is 25.8 Å². The Kier molecular flexibility index (Phi) is 6.02. The zero-order valence-corrected chi connectivity index (χ0v) is 11.8. The maximum absolute atomic E-state index is 13.0. The lowest BCUT2D eigenvalue weighted by Crippen LogP contribution is -2.41. The maximum Gasteiger partial charge on any atom is 0.326 e. The van der Waals surface area contributed by atoms with Gasteiger partial charge in [-0.1, -0.05) is 11.6 Å². The summed E-state index contributed by atoms with van der Waals surface area (Å²) in [6.07, 6.45) is 1.56. The van der Waals surface area contributed by atoms with Crippen LogP contribution >= 0.6 is 0 Å². The summed E-state index contributed by atoms with van der Waals surface area (Å²) in [6.45, 7) is 3.63. The van der Waals surface area contributed by atoms with Crippen LogP contribution in [0.2, 0.25) is 0 Å². The van der Waals surface area contributed by atoms with Gasteiger partial charge in [0.25, 0.3) is 0 Å². The van der Waals surface area contributed by atoms with E-state index in [4.69, 9.17) is 5.11 Å². The second-order valence-corrected chi connectivity index (χ2v) is 4.93. The number of halogens is 2. The molecule has 1 aromatic rings. The van der Waals surface area contributed by atoms with Crippen LogP contribution in [0, 0.1) is 11.6 Å². The molecule has 6 heteroatoms. The van der Waals surface area contributed by atoms with E-state index in [0.717, 1.165) is 17.7 Å². The van der Waals surface area contributed by atoms with Gasteiger partial charge < -0.3 is 10.4 Å². The molecule has 0 radical (unpaired) electrons. The number of carbonyl (C=O) groups is 2. The van der Waals surface area contributed by atoms with Crippen molar-refractivity contribution >= 4 is 11.9 Å². The lowest BCUT2D eigenvalue weighted by molar-refractivity contribution is -0.141. The van der Waals surface area contributed by atoms with E-state index >= 15 is 0 Å². The quantitative estimate of drug-likeness (QED) is 0.793. The first-order valence-electron chi connectivity index (χ1n) is 6.38. The molecule has 1 atom stereocenters. The Morgan fingerprint density at radius 2 is 1.81 bits per heavy atom. The summed E-state index contributed by atoms with van der Waals surface area (Å²) in [7, 11) is 0. The number of hydrogen-bond donors (Lipinski definition) is 2. The second kappa shape index (κ2) is 7.52. The first kappa shape index (κ1) is 16.8. The Balaban J connectivity index is 2.69. The van der Waals surface area contributed by atoms with Crippen molar-refractivity contribution in [3.05, 3.63) is 47.0 Å². The van der Waals surface area contributed by atoms with E-state index in [1.807, 2.05) is 13.8 Å². The summed E-state index contributed by atoms with van der Waals surface area (Å²) in [5.74, 6) is -3.32. The number of carboxylic acid groups (broad SMARTS) is 1. The normalized spacial score (nSPS) is 11.6. The molecule has 2 N–H and O–H groups in total. The van der Waals surface area contributed by atoms with E-state index in [0.29, 0.717) is 6.07 Å². The third-order valence-electron chi connectivity index (χ3n) is 2.68. The van der Waals surface area contributed by atoms with Gasteiger partial charge in [0.1, 0.15) is 17.7 Å². The summed E-state index contributed by atoms with van der Waals surface area (Å²) < 4.78 is 26.0. The van der Waals surface area contributed by atoms with Gasteiger partial charge in [-0.3, -0.25) is 4.79 Å². The molecule has 21 heavy (non-hydrogen) atoms. The third kappa shape index (κ3) is 6.16. The highest BCUT2D eigenvalue weighted by Crippen LogP contribution is 2.09. The Morgan fingerprint density at radius 3 is 2.29 bits per heavy atom. The fourth-order valence-electron chi connectivity index (χ4n) is 1.72. The van der Waals surface area contributed by atoms with Crippen molar-refractivity contribution < 1.29 is 23.5 Å². The molecule has 0 spiro atoms. The molecular weight excluding hydrogens is 280 g/mol. The largest absolute Gasteiger partial charge is 0.480 e. The molecule has 0 aromatic heterocycles. The van der Waals surface area contributed by atoms with Crippen molar-refractivity contribution in [2.45, 2.75) is 32.7 Å². The van der Waals surface area contributed by atoms with Crippen LogP contribution < -0.4 is 5.32 Å². The molecular formula is C15H17F2NO3. The van der Waals surface area contributed by atoms with Crippen LogP contribution in [-0.4, -0.2) is 23.0 Å². The van der Waals surface area contributed by atoms with Gasteiger partial charge in [0.2, 0.25) is 5.91 Å². The Hall–Kier alpha value is -2.24. The van der Waals surface area contributed by atoms with Gasteiger partial charge in [-0.15, -0.1) is 0 Å². The molecule has 4 nitrogen and oxygen atoms in total. The van der Waals surface area contributed by atoms with Crippen LogP contribution in [0.25, 0.3) is 0 Å². The van der Waals surface area contributed by atoms with Crippen molar-refractivity contribution in [2.75, 3.05) is 0 Å². The van der Waals surface area contributed by atoms with E-state index < -0.39 is 29.6 Å². The molecule has 0 saturated carbocycles. The minimum atomic E-state index is -1.16. The fraction of sp³-hybridized carbons (Fsp3) is 0.333. The Morgan fingerprint density at radius 1 is 1.24 bits per heavy atom. The first-order chi connectivity index (χ1) is 9.77. The predicted octanol–water partition coefficient (Wildman–Crippen LogP) is 2.43. The smallest absolute Gasteiger partial charge is 0.326 e. The van der Waals surface area contributed by atoms with E-state index in [9.17, 15) is 18.4 Å². The van der Waals surface area contributed by atoms with Crippen LogP contribution in [0.3, 0.4) is 0 Å². The zero-order chi connectivity index (χ0) is 16.0. The molecule has 0 saturated heterocycles. The lowest BCUT2D eigenvalue weighted by atomic mass is 10.1. The molecule has 114 valence electrons. The van der Waals surface area contributed by atoms with Crippen molar-refractivity contribution in [2.24, 2.45) is 0 Å². The molecule has 1 rings (SSSR count). The van der Waals surface area contributed by atoms with Gasteiger partial charge >= 0.3 is 5.97 Å². The zero-order valence-electron chi connectivity index (χ0n) is 11.8. The maximum atomic E-state index is 13.0. The lowest BCUT2D eigenvalue weighted by Gasteiger charge is -2.13. The van der Waals surface area contributed by atoms with Crippen molar-refractivity contribution in [1.82, 2.24) is 5.32 Å². The van der Waals surface area contributed by atoms with Crippen molar-refractivity contribution in [3.63, 3.8) is 0 Å². The number of nitrogens with one attached hydrogen (secondary N) is 1. The van der Waals surface area contributed by atoms with Crippen LogP contribution in [0.15, 0.2) is 29.8 Å².